The van der Waals surface area contributed by atoms with Crippen molar-refractivity contribution in [1.29, 1.82) is 0 Å². The van der Waals surface area contributed by atoms with Crippen LogP contribution in [-0.2, 0) is 6.18 Å². The first-order chi connectivity index (χ1) is 8.95. The molecule has 0 atom stereocenters. The van der Waals surface area contributed by atoms with E-state index in [2.05, 4.69) is 17.2 Å². The van der Waals surface area contributed by atoms with E-state index in [1.807, 2.05) is 0 Å². The molecule has 1 heterocycles. The molecule has 0 unspecified atom stereocenters. The molecule has 5 heteroatoms. The van der Waals surface area contributed by atoms with E-state index in [0.29, 0.717) is 11.2 Å². The molecule has 0 aliphatic heterocycles. The van der Waals surface area contributed by atoms with Gasteiger partial charge >= 0.3 is 6.18 Å². The van der Waals surface area contributed by atoms with Crippen LogP contribution in [0.2, 0.25) is 0 Å². The molecular formula is C14H19F3N2. The molecule has 19 heavy (non-hydrogen) atoms. The fourth-order valence-electron chi connectivity index (χ4n) is 2.72. The standard InChI is InChI=1S/C14H19F3N2/c1-2-13(7-3-4-8-13)10-19-12-6-5-11(9-18-12)14(15,16)17/h5-6,9H,2-4,7-8,10H2,1H3,(H,18,19). The van der Waals surface area contributed by atoms with Crippen molar-refractivity contribution in [2.45, 2.75) is 45.2 Å². The van der Waals surface area contributed by atoms with Crippen molar-refractivity contribution in [2.75, 3.05) is 11.9 Å². The minimum absolute atomic E-state index is 0.296. The molecular weight excluding hydrogens is 253 g/mol. The maximum atomic E-state index is 12.4. The monoisotopic (exact) mass is 272 g/mol. The smallest absolute Gasteiger partial charge is 0.370 e. The molecule has 0 amide bonds. The summed E-state index contributed by atoms with van der Waals surface area (Å²) in [5.41, 5.74) is -0.409. The molecule has 1 N–H and O–H groups in total. The fraction of sp³-hybridized carbons (Fsp3) is 0.643. The van der Waals surface area contributed by atoms with Crippen LogP contribution in [0, 0.1) is 5.41 Å². The Morgan fingerprint density at radius 2 is 1.95 bits per heavy atom. The number of halogens is 3. The molecule has 2 nitrogen and oxygen atoms in total. The number of pyridine rings is 1. The van der Waals surface area contributed by atoms with Crippen LogP contribution in [0.15, 0.2) is 18.3 Å². The molecule has 1 saturated carbocycles. The second kappa shape index (κ2) is 5.39. The molecule has 0 aromatic carbocycles. The molecule has 1 aromatic rings. The van der Waals surface area contributed by atoms with Crippen molar-refractivity contribution in [3.8, 4) is 0 Å². The SMILES string of the molecule is CCC1(CNc2ccc(C(F)(F)F)cn2)CCCC1. The Balaban J connectivity index is 1.96. The first kappa shape index (κ1) is 14.2. The first-order valence-electron chi connectivity index (χ1n) is 6.72. The third-order valence-electron chi connectivity index (χ3n) is 4.15. The topological polar surface area (TPSA) is 24.9 Å². The third-order valence-corrected chi connectivity index (χ3v) is 4.15. The minimum atomic E-state index is -4.32. The molecule has 1 aliphatic carbocycles. The van der Waals surface area contributed by atoms with Crippen molar-refractivity contribution >= 4 is 5.82 Å². The summed E-state index contributed by atoms with van der Waals surface area (Å²) in [7, 11) is 0. The summed E-state index contributed by atoms with van der Waals surface area (Å²) in [6, 6.07) is 2.48. The highest BCUT2D eigenvalue weighted by molar-refractivity contribution is 5.36. The van der Waals surface area contributed by atoms with Crippen LogP contribution >= 0.6 is 0 Å². The Kier molecular flexibility index (Phi) is 4.02. The predicted octanol–water partition coefficient (Wildman–Crippen LogP) is 4.48. The lowest BCUT2D eigenvalue weighted by molar-refractivity contribution is -0.137. The summed E-state index contributed by atoms with van der Waals surface area (Å²) in [5.74, 6) is 0.521. The number of hydrogen-bond donors (Lipinski definition) is 1. The van der Waals surface area contributed by atoms with Crippen LogP contribution in [0.5, 0.6) is 0 Å². The van der Waals surface area contributed by atoms with E-state index in [-0.39, 0.29) is 0 Å². The van der Waals surface area contributed by atoms with E-state index in [1.165, 1.54) is 31.7 Å². The van der Waals surface area contributed by atoms with Gasteiger partial charge in [-0.05, 0) is 36.8 Å². The average Bonchev–Trinajstić information content (AvgIpc) is 2.85. The first-order valence-corrected chi connectivity index (χ1v) is 6.72. The van der Waals surface area contributed by atoms with Gasteiger partial charge in [0.15, 0.2) is 0 Å². The molecule has 0 spiro atoms. The normalized spacial score (nSPS) is 18.5. The predicted molar refractivity (Wildman–Crippen MR) is 68.9 cm³/mol. The summed E-state index contributed by atoms with van der Waals surface area (Å²) in [6.07, 6.45) is 2.54. The molecule has 0 radical (unpaired) electrons. The van der Waals surface area contributed by atoms with Gasteiger partial charge in [0, 0.05) is 12.7 Å². The van der Waals surface area contributed by atoms with Crippen molar-refractivity contribution in [1.82, 2.24) is 4.98 Å². The molecule has 1 fully saturated rings. The molecule has 1 aliphatic rings. The number of alkyl halides is 3. The van der Waals surface area contributed by atoms with Crippen LogP contribution in [0.3, 0.4) is 0 Å². The van der Waals surface area contributed by atoms with Crippen molar-refractivity contribution in [3.05, 3.63) is 23.9 Å². The van der Waals surface area contributed by atoms with Gasteiger partial charge in [-0.15, -0.1) is 0 Å². The molecule has 0 bridgehead atoms. The van der Waals surface area contributed by atoms with Gasteiger partial charge in [0.2, 0.25) is 0 Å². The summed E-state index contributed by atoms with van der Waals surface area (Å²) in [5, 5.41) is 3.18. The Labute approximate surface area is 111 Å². The highest BCUT2D eigenvalue weighted by Gasteiger charge is 2.32. The summed E-state index contributed by atoms with van der Waals surface area (Å²) < 4.78 is 37.2. The van der Waals surface area contributed by atoms with Gasteiger partial charge in [0.25, 0.3) is 0 Å². The number of anilines is 1. The van der Waals surface area contributed by atoms with E-state index in [9.17, 15) is 13.2 Å². The maximum absolute atomic E-state index is 12.4. The summed E-state index contributed by atoms with van der Waals surface area (Å²) >= 11 is 0. The Bertz CT molecular complexity index is 406. The van der Waals surface area contributed by atoms with Gasteiger partial charge < -0.3 is 5.32 Å². The summed E-state index contributed by atoms with van der Waals surface area (Å²) in [6.45, 7) is 2.97. The van der Waals surface area contributed by atoms with E-state index in [1.54, 1.807) is 0 Å². The maximum Gasteiger partial charge on any atom is 0.417 e. The van der Waals surface area contributed by atoms with Gasteiger partial charge in [0.05, 0.1) is 5.56 Å². The zero-order chi connectivity index (χ0) is 13.9. The molecule has 1 aromatic heterocycles. The van der Waals surface area contributed by atoms with Gasteiger partial charge in [-0.1, -0.05) is 19.8 Å². The van der Waals surface area contributed by atoms with Gasteiger partial charge in [-0.2, -0.15) is 13.2 Å². The van der Waals surface area contributed by atoms with Crippen LogP contribution in [-0.4, -0.2) is 11.5 Å². The zero-order valence-electron chi connectivity index (χ0n) is 11.1. The lowest BCUT2D eigenvalue weighted by Gasteiger charge is -2.27. The third kappa shape index (κ3) is 3.39. The lowest BCUT2D eigenvalue weighted by Crippen LogP contribution is -2.26. The Hall–Kier alpha value is -1.26. The Morgan fingerprint density at radius 1 is 1.26 bits per heavy atom. The van der Waals surface area contributed by atoms with Gasteiger partial charge in [0.1, 0.15) is 5.82 Å². The van der Waals surface area contributed by atoms with Crippen molar-refractivity contribution in [3.63, 3.8) is 0 Å². The fourth-order valence-corrected chi connectivity index (χ4v) is 2.72. The van der Waals surface area contributed by atoms with Gasteiger partial charge in [-0.25, -0.2) is 4.98 Å². The molecule has 0 saturated heterocycles. The number of rotatable bonds is 4. The van der Waals surface area contributed by atoms with Crippen molar-refractivity contribution < 1.29 is 13.2 Å². The number of hydrogen-bond acceptors (Lipinski definition) is 2. The van der Waals surface area contributed by atoms with Crippen LogP contribution in [0.25, 0.3) is 0 Å². The largest absolute Gasteiger partial charge is 0.417 e. The highest BCUT2D eigenvalue weighted by atomic mass is 19.4. The van der Waals surface area contributed by atoms with E-state index >= 15 is 0 Å². The van der Waals surface area contributed by atoms with Crippen LogP contribution in [0.4, 0.5) is 19.0 Å². The summed E-state index contributed by atoms with van der Waals surface area (Å²) in [4.78, 5) is 3.84. The van der Waals surface area contributed by atoms with E-state index in [4.69, 9.17) is 0 Å². The second-order valence-electron chi connectivity index (χ2n) is 5.34. The lowest BCUT2D eigenvalue weighted by atomic mass is 9.83. The average molecular weight is 272 g/mol. The van der Waals surface area contributed by atoms with E-state index in [0.717, 1.165) is 25.2 Å². The minimum Gasteiger partial charge on any atom is -0.370 e. The number of aromatic nitrogens is 1. The van der Waals surface area contributed by atoms with Crippen LogP contribution < -0.4 is 5.32 Å². The quantitative estimate of drug-likeness (QED) is 0.874. The van der Waals surface area contributed by atoms with Gasteiger partial charge in [-0.3, -0.25) is 0 Å². The molecule has 2 rings (SSSR count). The highest BCUT2D eigenvalue weighted by Crippen LogP contribution is 2.40. The van der Waals surface area contributed by atoms with E-state index < -0.39 is 11.7 Å². The zero-order valence-corrected chi connectivity index (χ0v) is 11.1. The Morgan fingerprint density at radius 3 is 2.42 bits per heavy atom. The number of nitrogens with zero attached hydrogens (tertiary/aromatic N) is 1. The van der Waals surface area contributed by atoms with Crippen molar-refractivity contribution in [2.24, 2.45) is 5.41 Å². The molecule has 106 valence electrons. The van der Waals surface area contributed by atoms with Crippen LogP contribution in [0.1, 0.15) is 44.6 Å². The second-order valence-corrected chi connectivity index (χ2v) is 5.34. The number of nitrogens with one attached hydrogen (secondary N) is 1.